The van der Waals surface area contributed by atoms with Crippen LogP contribution in [0.2, 0.25) is 0 Å². The van der Waals surface area contributed by atoms with Crippen LogP contribution in [0.15, 0.2) is 16.6 Å². The predicted octanol–water partition coefficient (Wildman–Crippen LogP) is 5.16. The van der Waals surface area contributed by atoms with E-state index in [0.29, 0.717) is 17.9 Å². The van der Waals surface area contributed by atoms with E-state index in [1.807, 2.05) is 0 Å². The van der Waals surface area contributed by atoms with Gasteiger partial charge in [-0.25, -0.2) is 0 Å². The van der Waals surface area contributed by atoms with Gasteiger partial charge in [-0.15, -0.1) is 0 Å². The molecular formula is C15H24BrN. The maximum atomic E-state index is 3.72. The van der Waals surface area contributed by atoms with Crippen molar-refractivity contribution < 1.29 is 0 Å². The summed E-state index contributed by atoms with van der Waals surface area (Å²) in [5, 5.41) is 3.72. The molecule has 0 unspecified atom stereocenters. The van der Waals surface area contributed by atoms with Crippen LogP contribution in [0.3, 0.4) is 0 Å². The van der Waals surface area contributed by atoms with Crippen molar-refractivity contribution in [2.75, 3.05) is 5.32 Å². The molecule has 1 aromatic carbocycles. The zero-order valence-corrected chi connectivity index (χ0v) is 13.4. The molecule has 1 aromatic rings. The number of halogens is 1. The van der Waals surface area contributed by atoms with Crippen molar-refractivity contribution in [3.05, 3.63) is 27.7 Å². The molecule has 0 amide bonds. The standard InChI is InChI=1S/C15H24BrN/c1-9(2)14(10(3)4)17-15-11(5)7-13(16)8-12(15)6/h7-10,14,17H,1-6H3. The fraction of sp³-hybridized carbons (Fsp3) is 0.600. The van der Waals surface area contributed by atoms with Crippen molar-refractivity contribution >= 4 is 21.6 Å². The highest BCUT2D eigenvalue weighted by Gasteiger charge is 2.18. The summed E-state index contributed by atoms with van der Waals surface area (Å²) in [4.78, 5) is 0. The van der Waals surface area contributed by atoms with Crippen molar-refractivity contribution in [3.63, 3.8) is 0 Å². The lowest BCUT2D eigenvalue weighted by Gasteiger charge is -2.29. The third-order valence-corrected chi connectivity index (χ3v) is 3.70. The van der Waals surface area contributed by atoms with E-state index in [0.717, 1.165) is 4.47 Å². The number of rotatable bonds is 4. The van der Waals surface area contributed by atoms with E-state index in [1.165, 1.54) is 16.8 Å². The van der Waals surface area contributed by atoms with Crippen LogP contribution in [0.1, 0.15) is 38.8 Å². The van der Waals surface area contributed by atoms with Crippen LogP contribution in [-0.2, 0) is 0 Å². The second-order valence-electron chi connectivity index (χ2n) is 5.57. The fourth-order valence-corrected chi connectivity index (χ4v) is 3.09. The van der Waals surface area contributed by atoms with Crippen molar-refractivity contribution in [3.8, 4) is 0 Å². The first-order valence-electron chi connectivity index (χ1n) is 6.36. The third-order valence-electron chi connectivity index (χ3n) is 3.24. The molecule has 96 valence electrons. The molecule has 0 atom stereocenters. The summed E-state index contributed by atoms with van der Waals surface area (Å²) in [6, 6.07) is 4.87. The largest absolute Gasteiger partial charge is 0.381 e. The molecule has 0 aromatic heterocycles. The van der Waals surface area contributed by atoms with E-state index >= 15 is 0 Å². The maximum Gasteiger partial charge on any atom is 0.0402 e. The molecule has 17 heavy (non-hydrogen) atoms. The number of hydrogen-bond donors (Lipinski definition) is 1. The number of anilines is 1. The number of benzene rings is 1. The van der Waals surface area contributed by atoms with Crippen LogP contribution >= 0.6 is 15.9 Å². The van der Waals surface area contributed by atoms with Crippen LogP contribution in [0.5, 0.6) is 0 Å². The van der Waals surface area contributed by atoms with E-state index in [4.69, 9.17) is 0 Å². The smallest absolute Gasteiger partial charge is 0.0402 e. The average Bonchev–Trinajstić information content (AvgIpc) is 2.14. The molecule has 0 bridgehead atoms. The summed E-state index contributed by atoms with van der Waals surface area (Å²) in [6.45, 7) is 13.4. The van der Waals surface area contributed by atoms with Gasteiger partial charge in [0, 0.05) is 16.2 Å². The summed E-state index contributed by atoms with van der Waals surface area (Å²) in [5.41, 5.74) is 3.91. The summed E-state index contributed by atoms with van der Waals surface area (Å²) in [6.07, 6.45) is 0. The first kappa shape index (κ1) is 14.6. The minimum Gasteiger partial charge on any atom is -0.381 e. The minimum absolute atomic E-state index is 0.522. The van der Waals surface area contributed by atoms with Crippen molar-refractivity contribution in [2.24, 2.45) is 11.8 Å². The Morgan fingerprint density at radius 2 is 1.35 bits per heavy atom. The Hall–Kier alpha value is -0.500. The molecule has 1 rings (SSSR count). The Balaban J connectivity index is 3.01. The van der Waals surface area contributed by atoms with Gasteiger partial charge in [-0.3, -0.25) is 0 Å². The molecule has 0 fully saturated rings. The molecule has 0 saturated carbocycles. The molecule has 0 saturated heterocycles. The first-order chi connectivity index (χ1) is 7.82. The maximum absolute atomic E-state index is 3.72. The van der Waals surface area contributed by atoms with Crippen molar-refractivity contribution in [1.29, 1.82) is 0 Å². The highest BCUT2D eigenvalue weighted by atomic mass is 79.9. The van der Waals surface area contributed by atoms with Gasteiger partial charge < -0.3 is 5.32 Å². The molecule has 0 aliphatic rings. The number of hydrogen-bond acceptors (Lipinski definition) is 1. The lowest BCUT2D eigenvalue weighted by Crippen LogP contribution is -2.31. The lowest BCUT2D eigenvalue weighted by atomic mass is 9.92. The number of nitrogens with one attached hydrogen (secondary N) is 1. The predicted molar refractivity (Wildman–Crippen MR) is 80.7 cm³/mol. The molecule has 0 aliphatic heterocycles. The summed E-state index contributed by atoms with van der Waals surface area (Å²) >= 11 is 3.54. The van der Waals surface area contributed by atoms with Crippen LogP contribution in [-0.4, -0.2) is 6.04 Å². The molecule has 0 spiro atoms. The molecule has 0 aliphatic carbocycles. The van der Waals surface area contributed by atoms with Gasteiger partial charge in [0.2, 0.25) is 0 Å². The van der Waals surface area contributed by atoms with Gasteiger partial charge in [0.25, 0.3) is 0 Å². The van der Waals surface area contributed by atoms with Gasteiger partial charge in [0.15, 0.2) is 0 Å². The van der Waals surface area contributed by atoms with Gasteiger partial charge in [-0.2, -0.15) is 0 Å². The van der Waals surface area contributed by atoms with Gasteiger partial charge in [-0.1, -0.05) is 43.6 Å². The Labute approximate surface area is 114 Å². The Bertz CT molecular complexity index is 352. The second-order valence-corrected chi connectivity index (χ2v) is 6.49. The van der Waals surface area contributed by atoms with Gasteiger partial charge >= 0.3 is 0 Å². The van der Waals surface area contributed by atoms with E-state index in [9.17, 15) is 0 Å². The highest BCUT2D eigenvalue weighted by molar-refractivity contribution is 9.10. The monoisotopic (exact) mass is 297 g/mol. The SMILES string of the molecule is Cc1cc(Br)cc(C)c1NC(C(C)C)C(C)C. The zero-order chi connectivity index (χ0) is 13.2. The molecule has 1 nitrogen and oxygen atoms in total. The van der Waals surface area contributed by atoms with Gasteiger partial charge in [0.1, 0.15) is 0 Å². The third kappa shape index (κ3) is 3.74. The van der Waals surface area contributed by atoms with Crippen LogP contribution in [0.25, 0.3) is 0 Å². The van der Waals surface area contributed by atoms with E-state index in [1.54, 1.807) is 0 Å². The van der Waals surface area contributed by atoms with Crippen molar-refractivity contribution in [1.82, 2.24) is 0 Å². The first-order valence-corrected chi connectivity index (χ1v) is 7.15. The average molecular weight is 298 g/mol. The zero-order valence-electron chi connectivity index (χ0n) is 11.8. The van der Waals surface area contributed by atoms with Crippen LogP contribution < -0.4 is 5.32 Å². The van der Waals surface area contributed by atoms with Crippen molar-refractivity contribution in [2.45, 2.75) is 47.6 Å². The van der Waals surface area contributed by atoms with Crippen LogP contribution in [0, 0.1) is 25.7 Å². The number of aryl methyl sites for hydroxylation is 2. The minimum atomic E-state index is 0.522. The topological polar surface area (TPSA) is 12.0 Å². The highest BCUT2D eigenvalue weighted by Crippen LogP contribution is 2.28. The molecule has 1 N–H and O–H groups in total. The van der Waals surface area contributed by atoms with Gasteiger partial charge in [-0.05, 0) is 48.9 Å². The summed E-state index contributed by atoms with van der Waals surface area (Å²) in [5.74, 6) is 1.27. The molecule has 2 heteroatoms. The Morgan fingerprint density at radius 3 is 1.71 bits per heavy atom. The summed E-state index contributed by atoms with van der Waals surface area (Å²) < 4.78 is 1.16. The molecular weight excluding hydrogens is 274 g/mol. The van der Waals surface area contributed by atoms with E-state index < -0.39 is 0 Å². The quantitative estimate of drug-likeness (QED) is 0.809. The van der Waals surface area contributed by atoms with Crippen LogP contribution in [0.4, 0.5) is 5.69 Å². The Kier molecular flexibility index (Phi) is 5.05. The van der Waals surface area contributed by atoms with E-state index in [2.05, 4.69) is 74.9 Å². The normalized spacial score (nSPS) is 11.6. The van der Waals surface area contributed by atoms with E-state index in [-0.39, 0.29) is 0 Å². The molecule has 0 heterocycles. The lowest BCUT2D eigenvalue weighted by molar-refractivity contribution is 0.413. The Morgan fingerprint density at radius 1 is 0.941 bits per heavy atom. The summed E-state index contributed by atoms with van der Waals surface area (Å²) in [7, 11) is 0. The second kappa shape index (κ2) is 5.90. The fourth-order valence-electron chi connectivity index (χ4n) is 2.41. The molecule has 0 radical (unpaired) electrons. The van der Waals surface area contributed by atoms with Gasteiger partial charge in [0.05, 0.1) is 0 Å².